The van der Waals surface area contributed by atoms with Crippen LogP contribution in [0.5, 0.6) is 0 Å². The molecule has 0 amide bonds. The number of rotatable bonds is 6. The third-order valence-corrected chi connectivity index (χ3v) is 2.49. The molecular formula is C12H18N2O2. The van der Waals surface area contributed by atoms with Crippen LogP contribution in [-0.4, -0.2) is 37.1 Å². The molecule has 0 bridgehead atoms. The number of aliphatic hydroxyl groups is 1. The van der Waals surface area contributed by atoms with E-state index in [1.807, 2.05) is 24.0 Å². The Balaban J connectivity index is 2.80. The minimum atomic E-state index is -0.0586. The summed E-state index contributed by atoms with van der Waals surface area (Å²) in [5, 5.41) is 8.90. The van der Waals surface area contributed by atoms with Gasteiger partial charge in [-0.15, -0.1) is 0 Å². The summed E-state index contributed by atoms with van der Waals surface area (Å²) in [6.07, 6.45) is 0. The SMILES string of the molecule is CCN(CCO)c1ccc(C(=O)CN)cc1. The number of nitrogens with zero attached hydrogens (tertiary/aromatic N) is 1. The molecule has 1 aromatic carbocycles. The number of carbonyl (C=O) groups excluding carboxylic acids is 1. The number of hydrogen-bond acceptors (Lipinski definition) is 4. The molecule has 88 valence electrons. The van der Waals surface area contributed by atoms with E-state index in [1.165, 1.54) is 0 Å². The van der Waals surface area contributed by atoms with Crippen LogP contribution >= 0.6 is 0 Å². The van der Waals surface area contributed by atoms with E-state index in [4.69, 9.17) is 10.8 Å². The monoisotopic (exact) mass is 222 g/mol. The molecule has 0 unspecified atom stereocenters. The molecule has 0 aliphatic rings. The minimum absolute atomic E-state index is 0.0352. The normalized spacial score (nSPS) is 10.2. The van der Waals surface area contributed by atoms with Gasteiger partial charge in [-0.3, -0.25) is 4.79 Å². The molecule has 1 aromatic rings. The van der Waals surface area contributed by atoms with Crippen molar-refractivity contribution in [3.8, 4) is 0 Å². The van der Waals surface area contributed by atoms with Gasteiger partial charge in [-0.25, -0.2) is 0 Å². The topological polar surface area (TPSA) is 66.6 Å². The van der Waals surface area contributed by atoms with Gasteiger partial charge in [-0.2, -0.15) is 0 Å². The number of ketones is 1. The smallest absolute Gasteiger partial charge is 0.176 e. The van der Waals surface area contributed by atoms with E-state index in [-0.39, 0.29) is 18.9 Å². The first-order chi connectivity index (χ1) is 7.72. The Morgan fingerprint density at radius 1 is 1.38 bits per heavy atom. The number of nitrogens with two attached hydrogens (primary N) is 1. The second-order valence-corrected chi connectivity index (χ2v) is 3.48. The lowest BCUT2D eigenvalue weighted by atomic mass is 10.1. The summed E-state index contributed by atoms with van der Waals surface area (Å²) in [6, 6.07) is 7.29. The zero-order valence-corrected chi connectivity index (χ0v) is 9.52. The van der Waals surface area contributed by atoms with Gasteiger partial charge in [0.15, 0.2) is 5.78 Å². The second-order valence-electron chi connectivity index (χ2n) is 3.48. The van der Waals surface area contributed by atoms with E-state index >= 15 is 0 Å². The molecule has 0 aromatic heterocycles. The highest BCUT2D eigenvalue weighted by Gasteiger charge is 2.06. The van der Waals surface area contributed by atoms with Crippen LogP contribution in [0.15, 0.2) is 24.3 Å². The Morgan fingerprint density at radius 2 is 2.00 bits per heavy atom. The maximum Gasteiger partial charge on any atom is 0.176 e. The summed E-state index contributed by atoms with van der Waals surface area (Å²) >= 11 is 0. The molecule has 0 aliphatic heterocycles. The van der Waals surface area contributed by atoms with Gasteiger partial charge in [0, 0.05) is 24.3 Å². The van der Waals surface area contributed by atoms with Crippen molar-refractivity contribution in [2.24, 2.45) is 5.73 Å². The highest BCUT2D eigenvalue weighted by Crippen LogP contribution is 2.14. The molecule has 1 rings (SSSR count). The van der Waals surface area contributed by atoms with Crippen molar-refractivity contribution >= 4 is 11.5 Å². The third-order valence-electron chi connectivity index (χ3n) is 2.49. The Hall–Kier alpha value is -1.39. The molecular weight excluding hydrogens is 204 g/mol. The minimum Gasteiger partial charge on any atom is -0.395 e. The number of likely N-dealkylation sites (N-methyl/N-ethyl adjacent to an activating group) is 1. The third kappa shape index (κ3) is 3.05. The quantitative estimate of drug-likeness (QED) is 0.693. The predicted octanol–water partition coefficient (Wildman–Crippen LogP) is 0.647. The Kier molecular flexibility index (Phi) is 4.95. The Bertz CT molecular complexity index is 335. The van der Waals surface area contributed by atoms with Crippen molar-refractivity contribution in [2.45, 2.75) is 6.92 Å². The lowest BCUT2D eigenvalue weighted by Crippen LogP contribution is -2.26. The van der Waals surface area contributed by atoms with Gasteiger partial charge >= 0.3 is 0 Å². The van der Waals surface area contributed by atoms with Gasteiger partial charge in [0.2, 0.25) is 0 Å². The molecule has 0 saturated heterocycles. The second kappa shape index (κ2) is 6.25. The van der Waals surface area contributed by atoms with Crippen LogP contribution in [0.4, 0.5) is 5.69 Å². The largest absolute Gasteiger partial charge is 0.395 e. The average molecular weight is 222 g/mol. The number of benzene rings is 1. The van der Waals surface area contributed by atoms with Crippen LogP contribution in [0.3, 0.4) is 0 Å². The van der Waals surface area contributed by atoms with Crippen molar-refractivity contribution < 1.29 is 9.90 Å². The standard InChI is InChI=1S/C12H18N2O2/c1-2-14(7-8-15)11-5-3-10(4-6-11)12(16)9-13/h3-6,15H,2,7-9,13H2,1H3. The first-order valence-corrected chi connectivity index (χ1v) is 5.42. The molecule has 0 radical (unpaired) electrons. The zero-order chi connectivity index (χ0) is 12.0. The number of carbonyl (C=O) groups is 1. The van der Waals surface area contributed by atoms with E-state index < -0.39 is 0 Å². The van der Waals surface area contributed by atoms with Gasteiger partial charge in [0.25, 0.3) is 0 Å². The molecule has 0 aliphatic carbocycles. The summed E-state index contributed by atoms with van der Waals surface area (Å²) in [4.78, 5) is 13.3. The summed E-state index contributed by atoms with van der Waals surface area (Å²) in [5.41, 5.74) is 6.92. The highest BCUT2D eigenvalue weighted by atomic mass is 16.3. The van der Waals surface area contributed by atoms with Crippen LogP contribution in [0.2, 0.25) is 0 Å². The van der Waals surface area contributed by atoms with Gasteiger partial charge in [0.1, 0.15) is 0 Å². The lowest BCUT2D eigenvalue weighted by molar-refractivity contribution is 0.100. The average Bonchev–Trinajstić information content (AvgIpc) is 2.35. The molecule has 0 fully saturated rings. The predicted molar refractivity (Wildman–Crippen MR) is 64.8 cm³/mol. The Morgan fingerprint density at radius 3 is 2.44 bits per heavy atom. The van der Waals surface area contributed by atoms with Crippen LogP contribution in [0.1, 0.15) is 17.3 Å². The fraction of sp³-hybridized carbons (Fsp3) is 0.417. The van der Waals surface area contributed by atoms with Crippen molar-refractivity contribution in [3.05, 3.63) is 29.8 Å². The molecule has 0 spiro atoms. The first-order valence-electron chi connectivity index (χ1n) is 5.42. The summed E-state index contributed by atoms with van der Waals surface area (Å²) in [6.45, 7) is 3.60. The van der Waals surface area contributed by atoms with E-state index in [0.717, 1.165) is 12.2 Å². The van der Waals surface area contributed by atoms with Crippen LogP contribution in [0, 0.1) is 0 Å². The van der Waals surface area contributed by atoms with E-state index in [0.29, 0.717) is 12.1 Å². The van der Waals surface area contributed by atoms with Crippen molar-refractivity contribution in [1.82, 2.24) is 0 Å². The van der Waals surface area contributed by atoms with Gasteiger partial charge < -0.3 is 15.7 Å². The fourth-order valence-electron chi connectivity index (χ4n) is 1.57. The highest BCUT2D eigenvalue weighted by molar-refractivity contribution is 5.97. The zero-order valence-electron chi connectivity index (χ0n) is 9.52. The number of anilines is 1. The number of hydrogen-bond donors (Lipinski definition) is 2. The van der Waals surface area contributed by atoms with E-state index in [2.05, 4.69) is 0 Å². The van der Waals surface area contributed by atoms with Crippen LogP contribution in [0.25, 0.3) is 0 Å². The van der Waals surface area contributed by atoms with E-state index in [9.17, 15) is 4.79 Å². The van der Waals surface area contributed by atoms with Crippen LogP contribution < -0.4 is 10.6 Å². The molecule has 4 heteroatoms. The molecule has 3 N–H and O–H groups in total. The number of aliphatic hydroxyl groups excluding tert-OH is 1. The number of Topliss-reactive ketones (excluding diaryl/α,β-unsaturated/α-hetero) is 1. The van der Waals surface area contributed by atoms with Crippen molar-refractivity contribution in [1.29, 1.82) is 0 Å². The lowest BCUT2D eigenvalue weighted by Gasteiger charge is -2.22. The van der Waals surface area contributed by atoms with Gasteiger partial charge in [-0.1, -0.05) is 0 Å². The fourth-order valence-corrected chi connectivity index (χ4v) is 1.57. The summed E-state index contributed by atoms with van der Waals surface area (Å²) in [7, 11) is 0. The maximum atomic E-state index is 11.3. The molecule has 16 heavy (non-hydrogen) atoms. The first kappa shape index (κ1) is 12.7. The maximum absolute atomic E-state index is 11.3. The van der Waals surface area contributed by atoms with E-state index in [1.54, 1.807) is 12.1 Å². The molecule has 4 nitrogen and oxygen atoms in total. The molecule has 0 heterocycles. The molecule has 0 atom stereocenters. The van der Waals surface area contributed by atoms with Crippen LogP contribution in [-0.2, 0) is 0 Å². The molecule has 0 saturated carbocycles. The Labute approximate surface area is 95.7 Å². The van der Waals surface area contributed by atoms with Crippen molar-refractivity contribution in [3.63, 3.8) is 0 Å². The summed E-state index contributed by atoms with van der Waals surface area (Å²) in [5.74, 6) is -0.0586. The van der Waals surface area contributed by atoms with Gasteiger partial charge in [0.05, 0.1) is 13.2 Å². The summed E-state index contributed by atoms with van der Waals surface area (Å²) < 4.78 is 0. The van der Waals surface area contributed by atoms with Crippen molar-refractivity contribution in [2.75, 3.05) is 31.1 Å². The van der Waals surface area contributed by atoms with Gasteiger partial charge in [-0.05, 0) is 31.2 Å².